The van der Waals surface area contributed by atoms with Crippen LogP contribution >= 0.6 is 0 Å². The molecule has 160 valence electrons. The first-order valence-corrected chi connectivity index (χ1v) is 10.9. The summed E-state index contributed by atoms with van der Waals surface area (Å²) in [6.07, 6.45) is 4.92. The smallest absolute Gasteiger partial charge is 0.243 e. The SMILES string of the molecule is CN(C)C(=O)CN=C(NCCCN1CCOCC1)N1CCC(N2CCCC2)C1. The number of ether oxygens (including phenoxy) is 1. The number of aliphatic imine (C=N–C) groups is 1. The number of nitrogens with zero attached hydrogens (tertiary/aromatic N) is 5. The zero-order valence-corrected chi connectivity index (χ0v) is 17.7. The minimum atomic E-state index is 0.0444. The van der Waals surface area contributed by atoms with Gasteiger partial charge >= 0.3 is 0 Å². The summed E-state index contributed by atoms with van der Waals surface area (Å²) >= 11 is 0. The van der Waals surface area contributed by atoms with Crippen molar-refractivity contribution in [1.82, 2.24) is 24.9 Å². The monoisotopic (exact) mass is 394 g/mol. The normalized spacial score (nSPS) is 24.7. The number of carbonyl (C=O) groups excluding carboxylic acids is 1. The Bertz CT molecular complexity index is 515. The molecular formula is C20H38N6O2. The molecule has 3 heterocycles. The Morgan fingerprint density at radius 3 is 2.61 bits per heavy atom. The summed E-state index contributed by atoms with van der Waals surface area (Å²) in [6, 6.07) is 0.632. The first-order valence-electron chi connectivity index (χ1n) is 10.9. The third-order valence-electron chi connectivity index (χ3n) is 6.02. The molecule has 3 saturated heterocycles. The molecule has 3 rings (SSSR count). The number of morpholine rings is 1. The maximum absolute atomic E-state index is 12.0. The van der Waals surface area contributed by atoms with Gasteiger partial charge in [0, 0.05) is 52.9 Å². The summed E-state index contributed by atoms with van der Waals surface area (Å²) in [6.45, 7) is 10.4. The molecule has 8 heteroatoms. The molecule has 1 amide bonds. The number of likely N-dealkylation sites (N-methyl/N-ethyl adjacent to an activating group) is 1. The Labute approximate surface area is 169 Å². The summed E-state index contributed by atoms with van der Waals surface area (Å²) < 4.78 is 5.41. The fraction of sp³-hybridized carbons (Fsp3) is 0.900. The highest BCUT2D eigenvalue weighted by molar-refractivity contribution is 5.85. The molecule has 0 bridgehead atoms. The van der Waals surface area contributed by atoms with Crippen LogP contribution in [0.2, 0.25) is 0 Å². The number of nitrogens with one attached hydrogen (secondary N) is 1. The van der Waals surface area contributed by atoms with Gasteiger partial charge in [-0.3, -0.25) is 14.6 Å². The van der Waals surface area contributed by atoms with Crippen LogP contribution in [-0.4, -0.2) is 124 Å². The van der Waals surface area contributed by atoms with Gasteiger partial charge in [0.1, 0.15) is 6.54 Å². The van der Waals surface area contributed by atoms with Gasteiger partial charge in [-0.05, 0) is 45.3 Å². The van der Waals surface area contributed by atoms with E-state index in [9.17, 15) is 4.79 Å². The first kappa shape index (κ1) is 21.3. The molecule has 0 aromatic rings. The molecule has 1 atom stereocenters. The molecule has 0 saturated carbocycles. The lowest BCUT2D eigenvalue weighted by Gasteiger charge is -2.27. The zero-order valence-electron chi connectivity index (χ0n) is 17.7. The Morgan fingerprint density at radius 2 is 1.89 bits per heavy atom. The topological polar surface area (TPSA) is 63.7 Å². The predicted octanol–water partition coefficient (Wildman–Crippen LogP) is -0.0874. The fourth-order valence-corrected chi connectivity index (χ4v) is 4.22. The van der Waals surface area contributed by atoms with Crippen LogP contribution in [-0.2, 0) is 9.53 Å². The summed E-state index contributed by atoms with van der Waals surface area (Å²) in [5.74, 6) is 0.946. The minimum absolute atomic E-state index is 0.0444. The Morgan fingerprint density at radius 1 is 1.14 bits per heavy atom. The standard InChI is InChI=1S/C20H38N6O2/c1-23(2)19(27)16-22-20(21-7-5-8-24-12-14-28-15-13-24)26-11-6-18(17-26)25-9-3-4-10-25/h18H,3-17H2,1-2H3,(H,21,22). The molecule has 3 fully saturated rings. The maximum atomic E-state index is 12.0. The lowest BCUT2D eigenvalue weighted by Crippen LogP contribution is -2.44. The van der Waals surface area contributed by atoms with Crippen molar-refractivity contribution in [2.45, 2.75) is 31.7 Å². The molecule has 8 nitrogen and oxygen atoms in total. The molecule has 1 unspecified atom stereocenters. The van der Waals surface area contributed by atoms with Gasteiger partial charge in [-0.2, -0.15) is 0 Å². The van der Waals surface area contributed by atoms with E-state index in [2.05, 4.69) is 25.0 Å². The minimum Gasteiger partial charge on any atom is -0.379 e. The fourth-order valence-electron chi connectivity index (χ4n) is 4.22. The highest BCUT2D eigenvalue weighted by Gasteiger charge is 2.30. The quantitative estimate of drug-likeness (QED) is 0.370. The summed E-state index contributed by atoms with van der Waals surface area (Å²) in [4.78, 5) is 25.7. The largest absolute Gasteiger partial charge is 0.379 e. The maximum Gasteiger partial charge on any atom is 0.243 e. The van der Waals surface area contributed by atoms with Crippen molar-refractivity contribution < 1.29 is 9.53 Å². The molecule has 0 aromatic carbocycles. The highest BCUT2D eigenvalue weighted by Crippen LogP contribution is 2.20. The zero-order chi connectivity index (χ0) is 19.8. The lowest BCUT2D eigenvalue weighted by atomic mass is 10.2. The molecule has 1 N–H and O–H groups in total. The lowest BCUT2D eigenvalue weighted by molar-refractivity contribution is -0.127. The van der Waals surface area contributed by atoms with Crippen LogP contribution in [0, 0.1) is 0 Å². The van der Waals surface area contributed by atoms with Gasteiger partial charge in [0.15, 0.2) is 5.96 Å². The number of amides is 1. The van der Waals surface area contributed by atoms with Gasteiger partial charge < -0.3 is 19.9 Å². The van der Waals surface area contributed by atoms with Crippen molar-refractivity contribution in [1.29, 1.82) is 0 Å². The number of hydrogen-bond donors (Lipinski definition) is 1. The third-order valence-corrected chi connectivity index (χ3v) is 6.02. The van der Waals surface area contributed by atoms with Crippen molar-refractivity contribution in [3.05, 3.63) is 0 Å². The number of rotatable bonds is 7. The second kappa shape index (κ2) is 11.0. The highest BCUT2D eigenvalue weighted by atomic mass is 16.5. The molecule has 0 aromatic heterocycles. The number of guanidine groups is 1. The van der Waals surface area contributed by atoms with Crippen LogP contribution in [0.15, 0.2) is 4.99 Å². The molecule has 0 radical (unpaired) electrons. The summed E-state index contributed by atoms with van der Waals surface area (Å²) in [5.41, 5.74) is 0. The van der Waals surface area contributed by atoms with E-state index in [1.807, 2.05) is 0 Å². The predicted molar refractivity (Wildman–Crippen MR) is 112 cm³/mol. The second-order valence-corrected chi connectivity index (χ2v) is 8.29. The van der Waals surface area contributed by atoms with E-state index < -0.39 is 0 Å². The number of likely N-dealkylation sites (tertiary alicyclic amines) is 2. The van der Waals surface area contributed by atoms with Crippen molar-refractivity contribution in [2.75, 3.05) is 86.2 Å². The van der Waals surface area contributed by atoms with E-state index in [1.54, 1.807) is 19.0 Å². The Kier molecular flexibility index (Phi) is 8.36. The van der Waals surface area contributed by atoms with Crippen LogP contribution in [0.3, 0.4) is 0 Å². The van der Waals surface area contributed by atoms with Crippen molar-refractivity contribution >= 4 is 11.9 Å². The summed E-state index contributed by atoms with van der Waals surface area (Å²) in [5, 5.41) is 3.54. The van der Waals surface area contributed by atoms with Gasteiger partial charge in [-0.25, -0.2) is 4.99 Å². The van der Waals surface area contributed by atoms with E-state index in [0.717, 1.165) is 64.9 Å². The van der Waals surface area contributed by atoms with Crippen LogP contribution in [0.25, 0.3) is 0 Å². The molecule has 0 spiro atoms. The van der Waals surface area contributed by atoms with E-state index in [1.165, 1.54) is 32.4 Å². The average molecular weight is 395 g/mol. The molecule has 28 heavy (non-hydrogen) atoms. The summed E-state index contributed by atoms with van der Waals surface area (Å²) in [7, 11) is 3.57. The van der Waals surface area contributed by atoms with Crippen LogP contribution in [0.5, 0.6) is 0 Å². The van der Waals surface area contributed by atoms with Gasteiger partial charge in [0.05, 0.1) is 13.2 Å². The first-order chi connectivity index (χ1) is 13.6. The number of hydrogen-bond acceptors (Lipinski definition) is 5. The third kappa shape index (κ3) is 6.32. The van der Waals surface area contributed by atoms with Crippen molar-refractivity contribution in [2.24, 2.45) is 4.99 Å². The Hall–Kier alpha value is -1.38. The molecule has 3 aliphatic rings. The van der Waals surface area contributed by atoms with E-state index in [4.69, 9.17) is 4.74 Å². The van der Waals surface area contributed by atoms with Crippen molar-refractivity contribution in [3.63, 3.8) is 0 Å². The van der Waals surface area contributed by atoms with Crippen LogP contribution in [0.1, 0.15) is 25.7 Å². The van der Waals surface area contributed by atoms with Gasteiger partial charge in [-0.15, -0.1) is 0 Å². The molecular weight excluding hydrogens is 356 g/mol. The van der Waals surface area contributed by atoms with E-state index >= 15 is 0 Å². The second-order valence-electron chi connectivity index (χ2n) is 8.29. The molecule has 3 aliphatic heterocycles. The van der Waals surface area contributed by atoms with Crippen LogP contribution in [0.4, 0.5) is 0 Å². The number of carbonyl (C=O) groups is 1. The van der Waals surface area contributed by atoms with Gasteiger partial charge in [0.25, 0.3) is 0 Å². The Balaban J connectivity index is 1.49. The van der Waals surface area contributed by atoms with E-state index in [0.29, 0.717) is 6.04 Å². The van der Waals surface area contributed by atoms with Gasteiger partial charge in [-0.1, -0.05) is 0 Å². The van der Waals surface area contributed by atoms with E-state index in [-0.39, 0.29) is 12.5 Å². The van der Waals surface area contributed by atoms with Crippen LogP contribution < -0.4 is 5.32 Å². The van der Waals surface area contributed by atoms with Crippen molar-refractivity contribution in [3.8, 4) is 0 Å². The van der Waals surface area contributed by atoms with Gasteiger partial charge in [0.2, 0.25) is 5.91 Å². The molecule has 0 aliphatic carbocycles. The average Bonchev–Trinajstić information content (AvgIpc) is 3.39.